The number of hydrogen-bond acceptors (Lipinski definition) is 5. The highest BCUT2D eigenvalue weighted by molar-refractivity contribution is 6.28. The fourth-order valence-electron chi connectivity index (χ4n) is 3.68. The molecule has 0 atom stereocenters. The van der Waals surface area contributed by atoms with Crippen LogP contribution in [0.5, 0.6) is 0 Å². The van der Waals surface area contributed by atoms with Crippen LogP contribution in [0.15, 0.2) is 12.3 Å². The number of nitrogens with one attached hydrogen (secondary N) is 1. The second-order valence-corrected chi connectivity index (χ2v) is 8.36. The maximum absolute atomic E-state index is 12.2. The fourth-order valence-corrected chi connectivity index (χ4v) is 3.81. The van der Waals surface area contributed by atoms with Gasteiger partial charge >= 0.3 is 6.09 Å². The molecule has 1 aliphatic rings. The van der Waals surface area contributed by atoms with Gasteiger partial charge in [-0.15, -0.1) is 0 Å². The van der Waals surface area contributed by atoms with Gasteiger partial charge in [0.2, 0.25) is 5.28 Å². The van der Waals surface area contributed by atoms with Gasteiger partial charge in [-0.3, -0.25) is 0 Å². The first-order valence-corrected chi connectivity index (χ1v) is 9.58. The number of alkyl carbamates (subject to hydrolysis) is 1. The first-order chi connectivity index (χ1) is 12.7. The number of nitrogens with zero attached hydrogens (tertiary/aromatic N) is 3. The highest BCUT2D eigenvalue weighted by atomic mass is 35.5. The molecule has 146 valence electrons. The first kappa shape index (κ1) is 19.6. The van der Waals surface area contributed by atoms with Crippen molar-refractivity contribution in [3.63, 3.8) is 0 Å². The third-order valence-corrected chi connectivity index (χ3v) is 4.97. The van der Waals surface area contributed by atoms with Crippen molar-refractivity contribution in [1.82, 2.24) is 19.9 Å². The summed E-state index contributed by atoms with van der Waals surface area (Å²) in [7, 11) is 0. The number of hydrogen-bond donors (Lipinski definition) is 1. The van der Waals surface area contributed by atoms with Gasteiger partial charge in [-0.2, -0.15) is 4.98 Å². The van der Waals surface area contributed by atoms with Crippen molar-refractivity contribution in [1.29, 1.82) is 0 Å². The molecular weight excluding hydrogens is 368 g/mol. The molecule has 8 heteroatoms. The van der Waals surface area contributed by atoms with E-state index < -0.39 is 17.2 Å². The van der Waals surface area contributed by atoms with Crippen LogP contribution >= 0.6 is 11.6 Å². The van der Waals surface area contributed by atoms with E-state index in [0.29, 0.717) is 5.65 Å². The van der Waals surface area contributed by atoms with E-state index in [0.717, 1.165) is 49.5 Å². The summed E-state index contributed by atoms with van der Waals surface area (Å²) in [5, 5.41) is 3.69. The highest BCUT2D eigenvalue weighted by Crippen LogP contribution is 2.37. The lowest BCUT2D eigenvalue weighted by Crippen LogP contribution is -2.40. The molecule has 3 rings (SSSR count). The molecule has 2 heterocycles. The summed E-state index contributed by atoms with van der Waals surface area (Å²) in [6, 6.07) is 1.89. The summed E-state index contributed by atoms with van der Waals surface area (Å²) in [6.07, 6.45) is 6.66. The number of halogens is 1. The zero-order valence-corrected chi connectivity index (χ0v) is 16.7. The van der Waals surface area contributed by atoms with Crippen LogP contribution in [0.1, 0.15) is 58.6 Å². The van der Waals surface area contributed by atoms with Crippen LogP contribution in [0.4, 0.5) is 4.79 Å². The van der Waals surface area contributed by atoms with E-state index in [1.807, 2.05) is 31.4 Å². The molecule has 2 aromatic heterocycles. The molecule has 0 bridgehead atoms. The number of carbonyl (C=O) groups excluding carboxylic acids is 2. The van der Waals surface area contributed by atoms with Gasteiger partial charge in [0.15, 0.2) is 0 Å². The maximum atomic E-state index is 12.2. The van der Waals surface area contributed by atoms with Gasteiger partial charge in [0.25, 0.3) is 0 Å². The minimum absolute atomic E-state index is 0.130. The van der Waals surface area contributed by atoms with Gasteiger partial charge < -0.3 is 19.4 Å². The summed E-state index contributed by atoms with van der Waals surface area (Å²) in [4.78, 5) is 32.7. The van der Waals surface area contributed by atoms with E-state index >= 15 is 0 Å². The molecule has 1 amide bonds. The summed E-state index contributed by atoms with van der Waals surface area (Å²) in [5.74, 6) is 0. The molecule has 1 N–H and O–H groups in total. The molecule has 0 unspecified atom stereocenters. The molecule has 7 nitrogen and oxygen atoms in total. The SMILES string of the molecule is CC(C)(C)OC(=O)NCc1cc2cnc(Cl)nc2n1C1(C=O)CCCCC1. The number of rotatable bonds is 4. The molecule has 2 aromatic rings. The largest absolute Gasteiger partial charge is 0.444 e. The number of amides is 1. The van der Waals surface area contributed by atoms with Crippen molar-refractivity contribution in [3.8, 4) is 0 Å². The second-order valence-electron chi connectivity index (χ2n) is 8.03. The molecule has 0 aliphatic heterocycles. The average molecular weight is 393 g/mol. The number of aldehydes is 1. The predicted octanol–water partition coefficient (Wildman–Crippen LogP) is 3.97. The predicted molar refractivity (Wildman–Crippen MR) is 103 cm³/mol. The molecule has 0 aromatic carbocycles. The minimum atomic E-state index is -0.678. The van der Waals surface area contributed by atoms with E-state index in [1.54, 1.807) is 6.20 Å². The Hall–Kier alpha value is -2.15. The van der Waals surface area contributed by atoms with Crippen LogP contribution in [-0.2, 0) is 21.6 Å². The summed E-state index contributed by atoms with van der Waals surface area (Å²) >= 11 is 6.01. The Morgan fingerprint density at radius 3 is 2.70 bits per heavy atom. The van der Waals surface area contributed by atoms with E-state index in [2.05, 4.69) is 15.3 Å². The van der Waals surface area contributed by atoms with Gasteiger partial charge in [-0.05, 0) is 51.3 Å². The Bertz CT molecular complexity index is 850. The normalized spacial score (nSPS) is 16.9. The van der Waals surface area contributed by atoms with Gasteiger partial charge in [0.1, 0.15) is 23.1 Å². The summed E-state index contributed by atoms with van der Waals surface area (Å²) in [6.45, 7) is 5.65. The Balaban J connectivity index is 1.99. The van der Waals surface area contributed by atoms with Crippen LogP contribution < -0.4 is 5.32 Å². The van der Waals surface area contributed by atoms with Crippen molar-refractivity contribution in [2.45, 2.75) is 70.6 Å². The number of carbonyl (C=O) groups is 2. The zero-order valence-electron chi connectivity index (χ0n) is 15.9. The smallest absolute Gasteiger partial charge is 0.407 e. The van der Waals surface area contributed by atoms with Crippen LogP contribution in [0.3, 0.4) is 0 Å². The topological polar surface area (TPSA) is 86.1 Å². The molecule has 0 radical (unpaired) electrons. The maximum Gasteiger partial charge on any atom is 0.407 e. The van der Waals surface area contributed by atoms with Crippen molar-refractivity contribution in [3.05, 3.63) is 23.2 Å². The van der Waals surface area contributed by atoms with Crippen LogP contribution in [0.2, 0.25) is 5.28 Å². The Labute approximate surface area is 163 Å². The van der Waals surface area contributed by atoms with Gasteiger partial charge in [-0.1, -0.05) is 19.3 Å². The lowest BCUT2D eigenvalue weighted by atomic mass is 9.82. The molecular formula is C19H25ClN4O3. The molecule has 1 aliphatic carbocycles. The monoisotopic (exact) mass is 392 g/mol. The lowest BCUT2D eigenvalue weighted by molar-refractivity contribution is -0.116. The van der Waals surface area contributed by atoms with Gasteiger partial charge in [0.05, 0.1) is 6.54 Å². The van der Waals surface area contributed by atoms with Gasteiger partial charge in [0, 0.05) is 17.3 Å². The molecule has 27 heavy (non-hydrogen) atoms. The van der Waals surface area contributed by atoms with Gasteiger partial charge in [-0.25, -0.2) is 9.78 Å². The molecule has 0 saturated heterocycles. The quantitative estimate of drug-likeness (QED) is 0.628. The zero-order chi connectivity index (χ0) is 19.7. The Kier molecular flexibility index (Phi) is 5.42. The average Bonchev–Trinajstić information content (AvgIpc) is 2.97. The van der Waals surface area contributed by atoms with E-state index in [9.17, 15) is 9.59 Å². The second kappa shape index (κ2) is 7.46. The van der Waals surface area contributed by atoms with E-state index in [1.165, 1.54) is 0 Å². The molecule has 1 fully saturated rings. The third-order valence-electron chi connectivity index (χ3n) is 4.78. The lowest BCUT2D eigenvalue weighted by Gasteiger charge is -2.35. The Morgan fingerprint density at radius 1 is 1.37 bits per heavy atom. The number of fused-ring (bicyclic) bond motifs is 1. The summed E-state index contributed by atoms with van der Waals surface area (Å²) < 4.78 is 7.24. The number of ether oxygens (including phenoxy) is 1. The minimum Gasteiger partial charge on any atom is -0.444 e. The van der Waals surface area contributed by atoms with Crippen LogP contribution in [0, 0.1) is 0 Å². The van der Waals surface area contributed by atoms with Crippen molar-refractivity contribution < 1.29 is 14.3 Å². The highest BCUT2D eigenvalue weighted by Gasteiger charge is 2.36. The van der Waals surface area contributed by atoms with Crippen LogP contribution in [0.25, 0.3) is 11.0 Å². The number of aromatic nitrogens is 3. The van der Waals surface area contributed by atoms with Crippen molar-refractivity contribution >= 4 is 35.0 Å². The summed E-state index contributed by atoms with van der Waals surface area (Å²) in [5.41, 5.74) is 0.137. The standard InChI is InChI=1S/C19H25ClN4O3/c1-18(2,3)27-17(26)22-11-14-9-13-10-21-16(20)23-15(13)24(14)19(12-25)7-5-4-6-8-19/h9-10,12H,4-8,11H2,1-3H3,(H,22,26). The van der Waals surface area contributed by atoms with Crippen molar-refractivity contribution in [2.24, 2.45) is 0 Å². The fraction of sp³-hybridized carbons (Fsp3) is 0.579. The molecule has 0 spiro atoms. The third kappa shape index (κ3) is 4.24. The first-order valence-electron chi connectivity index (χ1n) is 9.21. The van der Waals surface area contributed by atoms with E-state index in [-0.39, 0.29) is 11.8 Å². The van der Waals surface area contributed by atoms with E-state index in [4.69, 9.17) is 16.3 Å². The molecule has 1 saturated carbocycles. The van der Waals surface area contributed by atoms with Crippen LogP contribution in [-0.4, -0.2) is 32.5 Å². The Morgan fingerprint density at radius 2 is 2.07 bits per heavy atom. The van der Waals surface area contributed by atoms with Crippen molar-refractivity contribution in [2.75, 3.05) is 0 Å².